The Morgan fingerprint density at radius 2 is 1.44 bits per heavy atom. The standard InChI is InChI=1S/C7H8O2S2.3C2H5.Pb/c1-6-2-4-7(5-3-6)11(8,9)10;3*1-2;/h2-5H,1H3,(H,8,9,10);3*1H2,2H3;/q;;;;+1/p-1. The summed E-state index contributed by atoms with van der Waals surface area (Å²) in [6.07, 6.45) is 0. The molecule has 0 aromatic heterocycles. The quantitative estimate of drug-likeness (QED) is 0.446. The molecule has 0 fully saturated rings. The Labute approximate surface area is 118 Å². The van der Waals surface area contributed by atoms with E-state index in [0.29, 0.717) is 4.90 Å². The van der Waals surface area contributed by atoms with E-state index in [1.807, 2.05) is 19.1 Å². The average molecular weight is 482 g/mol. The molecule has 0 heterocycles. The predicted octanol–water partition coefficient (Wildman–Crippen LogP) is 4.42. The molecular formula is C13H22O2PbS2. The minimum absolute atomic E-state index is 0.470. The van der Waals surface area contributed by atoms with Crippen molar-refractivity contribution in [2.75, 3.05) is 0 Å². The Morgan fingerprint density at radius 1 is 1.00 bits per heavy atom. The molecule has 0 saturated carbocycles. The fraction of sp³-hybridized carbons (Fsp3) is 0.538. The van der Waals surface area contributed by atoms with Crippen LogP contribution >= 0.6 is 7.34 Å². The van der Waals surface area contributed by atoms with Crippen LogP contribution in [0.5, 0.6) is 0 Å². The van der Waals surface area contributed by atoms with Crippen molar-refractivity contribution in [3.63, 3.8) is 0 Å². The van der Waals surface area contributed by atoms with Crippen molar-refractivity contribution >= 4 is 35.9 Å². The molecule has 0 amide bonds. The Hall–Kier alpha value is 0.442. The van der Waals surface area contributed by atoms with Crippen molar-refractivity contribution in [3.05, 3.63) is 29.8 Å². The van der Waals surface area contributed by atoms with Gasteiger partial charge in [0.15, 0.2) is 0 Å². The molecule has 0 aliphatic heterocycles. The minimum atomic E-state index is -3.16. The van der Waals surface area contributed by atoms with Crippen LogP contribution in [0.1, 0.15) is 26.3 Å². The molecule has 102 valence electrons. The third kappa shape index (κ3) is 3.97. The van der Waals surface area contributed by atoms with Gasteiger partial charge in [-0.2, -0.15) is 0 Å². The summed E-state index contributed by atoms with van der Waals surface area (Å²) in [6, 6.07) is 7.21. The molecule has 18 heavy (non-hydrogen) atoms. The first kappa shape index (κ1) is 16.5. The van der Waals surface area contributed by atoms with E-state index in [0.717, 1.165) is 17.5 Å². The zero-order chi connectivity index (χ0) is 13.8. The third-order valence-electron chi connectivity index (χ3n) is 3.53. The van der Waals surface area contributed by atoms with E-state index in [9.17, 15) is 8.42 Å². The van der Waals surface area contributed by atoms with Crippen molar-refractivity contribution < 1.29 is 8.42 Å². The SMILES string of the molecule is C[CH2][Pb]([CH2]C)([CH2]C)[S]S(=O)(=O)c1ccc(C)cc1. The van der Waals surface area contributed by atoms with Crippen molar-refractivity contribution in [1.29, 1.82) is 0 Å². The summed E-state index contributed by atoms with van der Waals surface area (Å²) in [5, 5.41) is 0. The van der Waals surface area contributed by atoms with Crippen LogP contribution in [0.4, 0.5) is 0 Å². The molecule has 1 aromatic carbocycles. The van der Waals surface area contributed by atoms with Gasteiger partial charge >= 0.3 is 119 Å². The summed E-state index contributed by atoms with van der Waals surface area (Å²) in [5.41, 5.74) is 1.09. The summed E-state index contributed by atoms with van der Waals surface area (Å²) in [5.74, 6) is 0. The van der Waals surface area contributed by atoms with E-state index in [1.165, 1.54) is 7.34 Å². The zero-order valence-corrected chi connectivity index (χ0v) is 17.1. The number of aryl methyl sites for hydroxylation is 1. The fourth-order valence-corrected chi connectivity index (χ4v) is 44.2. The molecule has 1 aromatic rings. The molecule has 0 N–H and O–H groups in total. The van der Waals surface area contributed by atoms with Gasteiger partial charge in [-0.25, -0.2) is 0 Å². The van der Waals surface area contributed by atoms with Crippen molar-refractivity contribution in [3.8, 4) is 0 Å². The van der Waals surface area contributed by atoms with Crippen LogP contribution in [0.2, 0.25) is 11.9 Å². The monoisotopic (exact) mass is 482 g/mol. The van der Waals surface area contributed by atoms with Crippen LogP contribution in [0.15, 0.2) is 29.2 Å². The van der Waals surface area contributed by atoms with Crippen molar-refractivity contribution in [2.24, 2.45) is 0 Å². The second-order valence-electron chi connectivity index (χ2n) is 4.59. The molecule has 0 aliphatic carbocycles. The van der Waals surface area contributed by atoms with Gasteiger partial charge in [-0.3, -0.25) is 0 Å². The molecule has 0 bridgehead atoms. The van der Waals surface area contributed by atoms with Crippen molar-refractivity contribution in [1.82, 2.24) is 0 Å². The molecule has 1 rings (SSSR count). The summed E-state index contributed by atoms with van der Waals surface area (Å²) >= 11 is -2.66. The maximum absolute atomic E-state index is 12.5. The van der Waals surface area contributed by atoms with Gasteiger partial charge in [0.1, 0.15) is 0 Å². The number of hydrogen-bond acceptors (Lipinski definition) is 3. The average Bonchev–Trinajstić information content (AvgIpc) is 2.37. The van der Waals surface area contributed by atoms with E-state index < -0.39 is 28.5 Å². The van der Waals surface area contributed by atoms with Crippen LogP contribution < -0.4 is 0 Å². The first-order valence-corrected chi connectivity index (χ1v) is 22.2. The van der Waals surface area contributed by atoms with E-state index in [2.05, 4.69) is 20.8 Å². The third-order valence-corrected chi connectivity index (χ3v) is 49.9. The fourth-order valence-electron chi connectivity index (χ4n) is 1.91. The van der Waals surface area contributed by atoms with E-state index in [4.69, 9.17) is 0 Å². The molecular weight excluding hydrogens is 459 g/mol. The summed E-state index contributed by atoms with van der Waals surface area (Å²) in [4.78, 5) is 0.470. The maximum atomic E-state index is 12.5. The van der Waals surface area contributed by atoms with Crippen LogP contribution in [-0.4, -0.2) is 28.1 Å². The Balaban J connectivity index is 3.04. The van der Waals surface area contributed by atoms with Gasteiger partial charge in [0.2, 0.25) is 0 Å². The second-order valence-corrected chi connectivity index (χ2v) is 38.8. The summed E-state index contributed by atoms with van der Waals surface area (Å²) in [6.45, 7) is 8.45. The summed E-state index contributed by atoms with van der Waals surface area (Å²) < 4.78 is 28.2. The molecule has 0 atom stereocenters. The first-order valence-electron chi connectivity index (χ1n) is 6.41. The number of rotatable bonds is 6. The van der Waals surface area contributed by atoms with Gasteiger partial charge in [-0.1, -0.05) is 0 Å². The Kier molecular flexibility index (Phi) is 6.18. The van der Waals surface area contributed by atoms with Gasteiger partial charge in [0.25, 0.3) is 0 Å². The number of benzene rings is 1. The molecule has 5 heteroatoms. The van der Waals surface area contributed by atoms with Gasteiger partial charge in [0.05, 0.1) is 0 Å². The van der Waals surface area contributed by atoms with Crippen LogP contribution in [0, 0.1) is 6.92 Å². The van der Waals surface area contributed by atoms with Gasteiger partial charge in [-0.05, 0) is 0 Å². The van der Waals surface area contributed by atoms with E-state index in [-0.39, 0.29) is 0 Å². The van der Waals surface area contributed by atoms with Crippen molar-refractivity contribution in [2.45, 2.75) is 44.5 Å². The molecule has 0 spiro atoms. The Bertz CT molecular complexity index is 468. The van der Waals surface area contributed by atoms with Crippen LogP contribution in [-0.2, 0) is 8.87 Å². The topological polar surface area (TPSA) is 34.1 Å². The van der Waals surface area contributed by atoms with E-state index >= 15 is 0 Å². The number of hydrogen-bond donors (Lipinski definition) is 0. The van der Waals surface area contributed by atoms with Gasteiger partial charge in [-0.15, -0.1) is 0 Å². The first-order chi connectivity index (χ1) is 8.39. The van der Waals surface area contributed by atoms with E-state index in [1.54, 1.807) is 12.1 Å². The molecule has 0 aliphatic rings. The molecule has 0 saturated heterocycles. The zero-order valence-electron chi connectivity index (χ0n) is 11.6. The van der Waals surface area contributed by atoms with Gasteiger partial charge < -0.3 is 0 Å². The molecule has 0 unspecified atom stereocenters. The predicted molar refractivity (Wildman–Crippen MR) is 83.2 cm³/mol. The van der Waals surface area contributed by atoms with Crippen LogP contribution in [0.3, 0.4) is 0 Å². The van der Waals surface area contributed by atoms with Crippen LogP contribution in [0.25, 0.3) is 0 Å². The van der Waals surface area contributed by atoms with Gasteiger partial charge in [0, 0.05) is 0 Å². The Morgan fingerprint density at radius 3 is 1.83 bits per heavy atom. The second kappa shape index (κ2) is 6.74. The summed E-state index contributed by atoms with van der Waals surface area (Å²) in [7, 11) is -1.81. The normalized spacial score (nSPS) is 12.7. The molecule has 0 radical (unpaired) electrons. The molecule has 2 nitrogen and oxygen atoms in total.